The first-order chi connectivity index (χ1) is 6.65. The summed E-state index contributed by atoms with van der Waals surface area (Å²) in [5.74, 6) is 0.0688. The van der Waals surface area contributed by atoms with Crippen LogP contribution in [-0.4, -0.2) is 5.78 Å². The van der Waals surface area contributed by atoms with Crippen LogP contribution in [0.25, 0.3) is 0 Å². The van der Waals surface area contributed by atoms with E-state index in [1.165, 1.54) is 0 Å². The second kappa shape index (κ2) is 5.38. The molecular weight excluding hydrogens is 219 g/mol. The zero-order chi connectivity index (χ0) is 10.6. The number of Topliss-reactive ketones (excluding diaryl/α,β-unsaturated/α-hetero) is 1. The number of unbranched alkanes of at least 4 members (excludes halogenated alkanes) is 1. The van der Waals surface area contributed by atoms with Crippen molar-refractivity contribution in [3.8, 4) is 0 Å². The molecule has 1 aromatic rings. The van der Waals surface area contributed by atoms with Crippen molar-refractivity contribution in [1.29, 1.82) is 0 Å². The molecule has 0 aliphatic carbocycles. The number of halogens is 2. The molecule has 0 spiro atoms. The molecule has 0 amide bonds. The molecule has 0 unspecified atom stereocenters. The highest BCUT2D eigenvalue weighted by Crippen LogP contribution is 2.22. The van der Waals surface area contributed by atoms with E-state index in [2.05, 4.69) is 0 Å². The number of carbonyl (C=O) groups excluding carboxylic acids is 1. The van der Waals surface area contributed by atoms with Crippen LogP contribution < -0.4 is 0 Å². The van der Waals surface area contributed by atoms with Crippen LogP contribution in [0.1, 0.15) is 36.5 Å². The molecule has 1 nitrogen and oxygen atoms in total. The Morgan fingerprint density at radius 2 is 2.07 bits per heavy atom. The molecular formula is C11H12Cl2O. The molecule has 0 N–H and O–H groups in total. The maximum atomic E-state index is 11.6. The van der Waals surface area contributed by atoms with Crippen LogP contribution in [-0.2, 0) is 0 Å². The lowest BCUT2D eigenvalue weighted by molar-refractivity contribution is 0.0980. The van der Waals surface area contributed by atoms with Crippen molar-refractivity contribution < 1.29 is 4.79 Å². The van der Waals surface area contributed by atoms with Crippen LogP contribution in [0.5, 0.6) is 0 Å². The van der Waals surface area contributed by atoms with Gasteiger partial charge in [-0.3, -0.25) is 4.79 Å². The number of rotatable bonds is 4. The first-order valence-electron chi connectivity index (χ1n) is 4.63. The van der Waals surface area contributed by atoms with Gasteiger partial charge in [-0.2, -0.15) is 0 Å². The summed E-state index contributed by atoms with van der Waals surface area (Å²) in [6.07, 6.45) is 2.43. The molecule has 0 aliphatic heterocycles. The SMILES string of the molecule is CCCCC(=O)c1cc(Cl)ccc1Cl. The Bertz CT molecular complexity index is 334. The topological polar surface area (TPSA) is 17.1 Å². The average Bonchev–Trinajstić information content (AvgIpc) is 2.18. The summed E-state index contributed by atoms with van der Waals surface area (Å²) in [4.78, 5) is 11.6. The van der Waals surface area contributed by atoms with E-state index >= 15 is 0 Å². The molecule has 14 heavy (non-hydrogen) atoms. The minimum atomic E-state index is 0.0688. The largest absolute Gasteiger partial charge is 0.294 e. The van der Waals surface area contributed by atoms with Crippen molar-refractivity contribution in [3.63, 3.8) is 0 Å². The van der Waals surface area contributed by atoms with Gasteiger partial charge in [0.25, 0.3) is 0 Å². The molecule has 1 aromatic carbocycles. The van der Waals surface area contributed by atoms with Crippen LogP contribution in [0.4, 0.5) is 0 Å². The van der Waals surface area contributed by atoms with Crippen molar-refractivity contribution in [3.05, 3.63) is 33.8 Å². The molecule has 0 bridgehead atoms. The van der Waals surface area contributed by atoms with Crippen molar-refractivity contribution in [2.24, 2.45) is 0 Å². The molecule has 3 heteroatoms. The second-order valence-electron chi connectivity index (χ2n) is 3.15. The number of hydrogen-bond donors (Lipinski definition) is 0. The highest BCUT2D eigenvalue weighted by Gasteiger charge is 2.09. The van der Waals surface area contributed by atoms with Gasteiger partial charge in [-0.05, 0) is 24.6 Å². The van der Waals surface area contributed by atoms with E-state index in [-0.39, 0.29) is 5.78 Å². The minimum Gasteiger partial charge on any atom is -0.294 e. The standard InChI is InChI=1S/C11H12Cl2O/c1-2-3-4-11(14)9-7-8(12)5-6-10(9)13/h5-7H,2-4H2,1H3. The van der Waals surface area contributed by atoms with E-state index in [9.17, 15) is 4.79 Å². The lowest BCUT2D eigenvalue weighted by Gasteiger charge is -2.03. The van der Waals surface area contributed by atoms with E-state index in [1.807, 2.05) is 6.92 Å². The summed E-state index contributed by atoms with van der Waals surface area (Å²) in [5.41, 5.74) is 0.535. The van der Waals surface area contributed by atoms with E-state index in [1.54, 1.807) is 18.2 Å². The summed E-state index contributed by atoms with van der Waals surface area (Å²) in [7, 11) is 0. The maximum absolute atomic E-state index is 11.6. The number of hydrogen-bond acceptors (Lipinski definition) is 1. The maximum Gasteiger partial charge on any atom is 0.164 e. The fraction of sp³-hybridized carbons (Fsp3) is 0.364. The Morgan fingerprint density at radius 1 is 1.36 bits per heavy atom. The summed E-state index contributed by atoms with van der Waals surface area (Å²) >= 11 is 11.7. The van der Waals surface area contributed by atoms with Gasteiger partial charge in [-0.1, -0.05) is 36.5 Å². The fourth-order valence-corrected chi connectivity index (χ4v) is 1.58. The normalized spacial score (nSPS) is 10.2. The molecule has 1 rings (SSSR count). The Hall–Kier alpha value is -0.530. The quantitative estimate of drug-likeness (QED) is 0.703. The summed E-state index contributed by atoms with van der Waals surface area (Å²) in [5, 5.41) is 1.03. The van der Waals surface area contributed by atoms with Gasteiger partial charge in [-0.25, -0.2) is 0 Å². The predicted octanol–water partition coefficient (Wildman–Crippen LogP) is 4.37. The molecule has 0 radical (unpaired) electrons. The summed E-state index contributed by atoms with van der Waals surface area (Å²) in [6, 6.07) is 4.96. The molecule has 0 saturated heterocycles. The van der Waals surface area contributed by atoms with Crippen molar-refractivity contribution in [2.45, 2.75) is 26.2 Å². The summed E-state index contributed by atoms with van der Waals surface area (Å²) < 4.78 is 0. The predicted molar refractivity (Wildman–Crippen MR) is 60.3 cm³/mol. The van der Waals surface area contributed by atoms with Crippen LogP contribution in [0.3, 0.4) is 0 Å². The van der Waals surface area contributed by atoms with E-state index in [0.29, 0.717) is 22.0 Å². The first kappa shape index (κ1) is 11.5. The van der Waals surface area contributed by atoms with E-state index in [0.717, 1.165) is 12.8 Å². The smallest absolute Gasteiger partial charge is 0.164 e. The molecule has 76 valence electrons. The zero-order valence-electron chi connectivity index (χ0n) is 8.02. The van der Waals surface area contributed by atoms with E-state index in [4.69, 9.17) is 23.2 Å². The molecule has 0 aliphatic rings. The Morgan fingerprint density at radius 3 is 2.71 bits per heavy atom. The molecule has 0 atom stereocenters. The lowest BCUT2D eigenvalue weighted by Crippen LogP contribution is -1.99. The van der Waals surface area contributed by atoms with Crippen molar-refractivity contribution in [2.75, 3.05) is 0 Å². The summed E-state index contributed by atoms with van der Waals surface area (Å²) in [6.45, 7) is 2.05. The third-order valence-electron chi connectivity index (χ3n) is 1.99. The Balaban J connectivity index is 2.83. The first-order valence-corrected chi connectivity index (χ1v) is 5.39. The van der Waals surface area contributed by atoms with Gasteiger partial charge in [-0.15, -0.1) is 0 Å². The van der Waals surface area contributed by atoms with Crippen molar-refractivity contribution >= 4 is 29.0 Å². The van der Waals surface area contributed by atoms with Gasteiger partial charge in [0.05, 0.1) is 5.02 Å². The highest BCUT2D eigenvalue weighted by molar-refractivity contribution is 6.35. The minimum absolute atomic E-state index is 0.0688. The molecule has 0 aromatic heterocycles. The second-order valence-corrected chi connectivity index (χ2v) is 3.99. The number of carbonyl (C=O) groups is 1. The molecule has 0 heterocycles. The van der Waals surface area contributed by atoms with Crippen LogP contribution in [0, 0.1) is 0 Å². The molecule has 0 fully saturated rings. The zero-order valence-corrected chi connectivity index (χ0v) is 9.53. The molecule has 0 saturated carbocycles. The van der Waals surface area contributed by atoms with Gasteiger partial charge < -0.3 is 0 Å². The van der Waals surface area contributed by atoms with Gasteiger partial charge in [0.1, 0.15) is 0 Å². The van der Waals surface area contributed by atoms with Crippen LogP contribution >= 0.6 is 23.2 Å². The number of ketones is 1. The van der Waals surface area contributed by atoms with Crippen LogP contribution in [0.15, 0.2) is 18.2 Å². The van der Waals surface area contributed by atoms with Gasteiger partial charge in [0, 0.05) is 17.0 Å². The van der Waals surface area contributed by atoms with Crippen LogP contribution in [0.2, 0.25) is 10.0 Å². The Kier molecular flexibility index (Phi) is 4.43. The van der Waals surface area contributed by atoms with Gasteiger partial charge in [0.15, 0.2) is 5.78 Å². The third-order valence-corrected chi connectivity index (χ3v) is 2.55. The monoisotopic (exact) mass is 230 g/mol. The van der Waals surface area contributed by atoms with Gasteiger partial charge in [0.2, 0.25) is 0 Å². The van der Waals surface area contributed by atoms with Gasteiger partial charge >= 0.3 is 0 Å². The van der Waals surface area contributed by atoms with Crippen molar-refractivity contribution in [1.82, 2.24) is 0 Å². The number of benzene rings is 1. The average molecular weight is 231 g/mol. The third kappa shape index (κ3) is 3.00. The fourth-order valence-electron chi connectivity index (χ4n) is 1.18. The Labute approximate surface area is 94.0 Å². The highest BCUT2D eigenvalue weighted by atomic mass is 35.5. The van der Waals surface area contributed by atoms with E-state index < -0.39 is 0 Å². The lowest BCUT2D eigenvalue weighted by atomic mass is 10.1.